The summed E-state index contributed by atoms with van der Waals surface area (Å²) in [6.07, 6.45) is 0. The number of anilines is 1. The Hall–Kier alpha value is -2.08. The summed E-state index contributed by atoms with van der Waals surface area (Å²) in [5.41, 5.74) is 5.47. The van der Waals surface area contributed by atoms with E-state index in [1.807, 2.05) is 0 Å². The van der Waals surface area contributed by atoms with Crippen LogP contribution in [0.4, 0.5) is 10.1 Å². The van der Waals surface area contributed by atoms with Gasteiger partial charge in [0.2, 0.25) is 9.84 Å². The number of benzene rings is 2. The second kappa shape index (κ2) is 4.30. The van der Waals surface area contributed by atoms with Crippen LogP contribution in [0, 0.1) is 5.82 Å². The molecular weight excluding hydrogens is 257 g/mol. The molecule has 18 heavy (non-hydrogen) atoms. The molecule has 0 heterocycles. The second-order valence-electron chi connectivity index (χ2n) is 3.68. The summed E-state index contributed by atoms with van der Waals surface area (Å²) in [6.45, 7) is 0. The first kappa shape index (κ1) is 12.4. The third-order valence-electron chi connectivity index (χ3n) is 2.42. The van der Waals surface area contributed by atoms with Crippen LogP contribution < -0.4 is 5.73 Å². The molecule has 4 nitrogen and oxygen atoms in total. The van der Waals surface area contributed by atoms with Gasteiger partial charge in [-0.3, -0.25) is 0 Å². The zero-order valence-corrected chi connectivity index (χ0v) is 9.99. The number of halogens is 1. The highest BCUT2D eigenvalue weighted by Gasteiger charge is 2.19. The topological polar surface area (TPSA) is 80.4 Å². The van der Waals surface area contributed by atoms with Gasteiger partial charge in [-0.05, 0) is 30.3 Å². The fraction of sp³-hybridized carbons (Fsp3) is 0. The first-order chi connectivity index (χ1) is 8.41. The Labute approximate surface area is 103 Å². The van der Waals surface area contributed by atoms with Crippen LogP contribution in [0.25, 0.3) is 0 Å². The first-order valence-corrected chi connectivity index (χ1v) is 6.49. The minimum absolute atomic E-state index is 0.0770. The van der Waals surface area contributed by atoms with Crippen LogP contribution in [0.2, 0.25) is 0 Å². The van der Waals surface area contributed by atoms with Gasteiger partial charge in [0.15, 0.2) is 0 Å². The number of sulfone groups is 1. The molecule has 0 saturated carbocycles. The van der Waals surface area contributed by atoms with E-state index in [1.165, 1.54) is 24.3 Å². The maximum Gasteiger partial charge on any atom is 0.206 e. The van der Waals surface area contributed by atoms with E-state index in [0.29, 0.717) is 0 Å². The van der Waals surface area contributed by atoms with Gasteiger partial charge in [-0.2, -0.15) is 0 Å². The number of aromatic hydroxyl groups is 1. The average Bonchev–Trinajstić information content (AvgIpc) is 2.32. The molecule has 0 atom stereocenters. The Morgan fingerprint density at radius 2 is 1.72 bits per heavy atom. The minimum Gasteiger partial charge on any atom is -0.506 e. The Balaban J connectivity index is 2.58. The number of rotatable bonds is 2. The molecule has 94 valence electrons. The first-order valence-electron chi connectivity index (χ1n) is 5.00. The third kappa shape index (κ3) is 2.14. The standard InChI is InChI=1S/C12H10FNO3S/c13-8-2-1-3-9(6-8)18(16,17)10-4-5-11(14)12(15)7-10/h1-7,15H,14H2. The molecule has 0 bridgehead atoms. The van der Waals surface area contributed by atoms with E-state index in [1.54, 1.807) is 0 Å². The molecule has 0 aliphatic rings. The normalized spacial score (nSPS) is 11.4. The van der Waals surface area contributed by atoms with Crippen molar-refractivity contribution >= 4 is 15.5 Å². The smallest absolute Gasteiger partial charge is 0.206 e. The highest BCUT2D eigenvalue weighted by Crippen LogP contribution is 2.27. The number of nitrogens with two attached hydrogens (primary N) is 1. The monoisotopic (exact) mass is 267 g/mol. The molecule has 2 rings (SSSR count). The van der Waals surface area contributed by atoms with E-state index in [0.717, 1.165) is 18.2 Å². The Morgan fingerprint density at radius 1 is 1.06 bits per heavy atom. The summed E-state index contributed by atoms with van der Waals surface area (Å²) in [5, 5.41) is 9.40. The largest absolute Gasteiger partial charge is 0.506 e. The summed E-state index contributed by atoms with van der Waals surface area (Å²) in [6, 6.07) is 8.24. The zero-order valence-electron chi connectivity index (χ0n) is 9.17. The lowest BCUT2D eigenvalue weighted by molar-refractivity contribution is 0.476. The van der Waals surface area contributed by atoms with Crippen molar-refractivity contribution < 1.29 is 17.9 Å². The third-order valence-corrected chi connectivity index (χ3v) is 4.17. The van der Waals surface area contributed by atoms with E-state index in [4.69, 9.17) is 5.73 Å². The van der Waals surface area contributed by atoms with Crippen LogP contribution >= 0.6 is 0 Å². The lowest BCUT2D eigenvalue weighted by Gasteiger charge is -2.06. The van der Waals surface area contributed by atoms with Gasteiger partial charge in [0, 0.05) is 6.07 Å². The molecule has 0 amide bonds. The van der Waals surface area contributed by atoms with Gasteiger partial charge in [-0.15, -0.1) is 0 Å². The number of hydrogen-bond donors (Lipinski definition) is 2. The molecule has 0 spiro atoms. The molecule has 3 N–H and O–H groups in total. The minimum atomic E-state index is -3.86. The summed E-state index contributed by atoms with van der Waals surface area (Å²) < 4.78 is 37.3. The van der Waals surface area contributed by atoms with Crippen molar-refractivity contribution in [2.75, 3.05) is 5.73 Å². The Bertz CT molecular complexity index is 698. The van der Waals surface area contributed by atoms with Crippen LogP contribution in [-0.2, 0) is 9.84 Å². The maximum absolute atomic E-state index is 13.0. The summed E-state index contributed by atoms with van der Waals surface area (Å²) in [5.74, 6) is -0.969. The van der Waals surface area contributed by atoms with Crippen molar-refractivity contribution in [2.24, 2.45) is 0 Å². The van der Waals surface area contributed by atoms with Crippen LogP contribution in [-0.4, -0.2) is 13.5 Å². The Morgan fingerprint density at radius 3 is 2.33 bits per heavy atom. The molecule has 0 aliphatic carbocycles. The van der Waals surface area contributed by atoms with Gasteiger partial charge in [0.05, 0.1) is 15.5 Å². The van der Waals surface area contributed by atoms with Crippen molar-refractivity contribution in [1.82, 2.24) is 0 Å². The molecule has 0 fully saturated rings. The van der Waals surface area contributed by atoms with Crippen molar-refractivity contribution in [1.29, 1.82) is 0 Å². The van der Waals surface area contributed by atoms with Crippen LogP contribution in [0.1, 0.15) is 0 Å². The van der Waals surface area contributed by atoms with Gasteiger partial charge in [-0.1, -0.05) is 6.07 Å². The predicted octanol–water partition coefficient (Wildman–Crippen LogP) is 1.95. The number of nitrogen functional groups attached to an aromatic ring is 1. The zero-order chi connectivity index (χ0) is 13.3. The van der Waals surface area contributed by atoms with Gasteiger partial charge in [0.1, 0.15) is 11.6 Å². The predicted molar refractivity (Wildman–Crippen MR) is 64.4 cm³/mol. The maximum atomic E-state index is 13.0. The van der Waals surface area contributed by atoms with Crippen molar-refractivity contribution in [3.8, 4) is 5.75 Å². The van der Waals surface area contributed by atoms with E-state index in [2.05, 4.69) is 0 Å². The number of hydrogen-bond acceptors (Lipinski definition) is 4. The summed E-state index contributed by atoms with van der Waals surface area (Å²) in [4.78, 5) is -0.313. The van der Waals surface area contributed by atoms with E-state index in [-0.39, 0.29) is 21.2 Å². The van der Waals surface area contributed by atoms with Gasteiger partial charge in [-0.25, -0.2) is 12.8 Å². The van der Waals surface area contributed by atoms with Crippen LogP contribution in [0.5, 0.6) is 5.75 Å². The van der Waals surface area contributed by atoms with Crippen molar-refractivity contribution in [2.45, 2.75) is 9.79 Å². The molecule has 2 aromatic carbocycles. The van der Waals surface area contributed by atoms with E-state index >= 15 is 0 Å². The molecule has 2 aromatic rings. The van der Waals surface area contributed by atoms with Gasteiger partial charge >= 0.3 is 0 Å². The fourth-order valence-electron chi connectivity index (χ4n) is 1.46. The molecule has 0 aromatic heterocycles. The average molecular weight is 267 g/mol. The van der Waals surface area contributed by atoms with Gasteiger partial charge in [0.25, 0.3) is 0 Å². The molecular formula is C12H10FNO3S. The number of phenols is 1. The SMILES string of the molecule is Nc1ccc(S(=O)(=O)c2cccc(F)c2)cc1O. The van der Waals surface area contributed by atoms with Crippen molar-refractivity contribution in [3.05, 3.63) is 48.3 Å². The quantitative estimate of drug-likeness (QED) is 0.643. The molecule has 6 heteroatoms. The van der Waals surface area contributed by atoms with Gasteiger partial charge < -0.3 is 10.8 Å². The molecule has 0 saturated heterocycles. The Kier molecular flexibility index (Phi) is 2.96. The van der Waals surface area contributed by atoms with E-state index < -0.39 is 15.7 Å². The van der Waals surface area contributed by atoms with Crippen molar-refractivity contribution in [3.63, 3.8) is 0 Å². The lowest BCUT2D eigenvalue weighted by atomic mass is 10.3. The fourth-order valence-corrected chi connectivity index (χ4v) is 2.77. The molecule has 0 radical (unpaired) electrons. The van der Waals surface area contributed by atoms with Crippen LogP contribution in [0.3, 0.4) is 0 Å². The molecule has 0 aliphatic heterocycles. The van der Waals surface area contributed by atoms with Crippen LogP contribution in [0.15, 0.2) is 52.3 Å². The highest BCUT2D eigenvalue weighted by atomic mass is 32.2. The molecule has 0 unspecified atom stereocenters. The summed E-state index contributed by atoms with van der Waals surface area (Å²) in [7, 11) is -3.86. The van der Waals surface area contributed by atoms with E-state index in [9.17, 15) is 17.9 Å². The number of phenolic OH excluding ortho intramolecular Hbond substituents is 1. The summed E-state index contributed by atoms with van der Waals surface area (Å²) >= 11 is 0. The lowest BCUT2D eigenvalue weighted by Crippen LogP contribution is -2.02. The highest BCUT2D eigenvalue weighted by molar-refractivity contribution is 7.91. The second-order valence-corrected chi connectivity index (χ2v) is 5.63.